The van der Waals surface area contributed by atoms with Crippen LogP contribution >= 0.6 is 11.6 Å². The molecule has 104 valence electrons. The van der Waals surface area contributed by atoms with Crippen molar-refractivity contribution in [2.45, 2.75) is 52.0 Å². The van der Waals surface area contributed by atoms with Crippen molar-refractivity contribution in [2.75, 3.05) is 0 Å². The molecule has 1 fully saturated rings. The van der Waals surface area contributed by atoms with Crippen LogP contribution in [0.2, 0.25) is 5.15 Å². The number of amides is 1. The molecule has 1 heterocycles. The molecule has 2 rings (SSSR count). The number of halogens is 1. The van der Waals surface area contributed by atoms with Crippen LogP contribution in [0, 0.1) is 5.92 Å². The molecule has 0 radical (unpaired) electrons. The quantitative estimate of drug-likeness (QED) is 0.860. The highest BCUT2D eigenvalue weighted by Gasteiger charge is 2.23. The van der Waals surface area contributed by atoms with Crippen LogP contribution in [0.25, 0.3) is 0 Å². The number of pyridine rings is 1. The average molecular weight is 281 g/mol. The Morgan fingerprint density at radius 3 is 2.84 bits per heavy atom. The lowest BCUT2D eigenvalue weighted by atomic mass is 9.86. The summed E-state index contributed by atoms with van der Waals surface area (Å²) in [6.45, 7) is 4.21. The molecule has 3 nitrogen and oxygen atoms in total. The molecule has 1 aliphatic carbocycles. The second-order valence-corrected chi connectivity index (χ2v) is 5.75. The highest BCUT2D eigenvalue weighted by Crippen LogP contribution is 2.24. The topological polar surface area (TPSA) is 42.0 Å². The second-order valence-electron chi connectivity index (χ2n) is 5.37. The molecular weight excluding hydrogens is 260 g/mol. The number of rotatable bonds is 3. The van der Waals surface area contributed by atoms with Crippen molar-refractivity contribution in [3.05, 3.63) is 28.5 Å². The summed E-state index contributed by atoms with van der Waals surface area (Å²) in [4.78, 5) is 16.5. The number of aromatic nitrogens is 1. The molecule has 1 aromatic rings. The van der Waals surface area contributed by atoms with Gasteiger partial charge in [-0.15, -0.1) is 0 Å². The fourth-order valence-electron chi connectivity index (χ4n) is 2.65. The minimum Gasteiger partial charge on any atom is -0.349 e. The average Bonchev–Trinajstić information content (AvgIpc) is 2.40. The van der Waals surface area contributed by atoms with Crippen LogP contribution in [0.1, 0.15) is 55.6 Å². The maximum absolute atomic E-state index is 12.3. The van der Waals surface area contributed by atoms with Gasteiger partial charge in [-0.25, -0.2) is 4.98 Å². The molecule has 4 heteroatoms. The molecular formula is C15H21ClN2O. The van der Waals surface area contributed by atoms with Gasteiger partial charge in [0.05, 0.1) is 0 Å². The predicted molar refractivity (Wildman–Crippen MR) is 77.5 cm³/mol. The summed E-state index contributed by atoms with van der Waals surface area (Å²) in [5.41, 5.74) is 1.48. The van der Waals surface area contributed by atoms with Gasteiger partial charge in [0.2, 0.25) is 0 Å². The van der Waals surface area contributed by atoms with Crippen LogP contribution in [-0.2, 0) is 6.42 Å². The van der Waals surface area contributed by atoms with Gasteiger partial charge >= 0.3 is 0 Å². The summed E-state index contributed by atoms with van der Waals surface area (Å²) < 4.78 is 0. The monoisotopic (exact) mass is 280 g/mol. The van der Waals surface area contributed by atoms with Gasteiger partial charge in [-0.2, -0.15) is 0 Å². The summed E-state index contributed by atoms with van der Waals surface area (Å²) in [5.74, 6) is 0.526. The first-order valence-electron chi connectivity index (χ1n) is 7.07. The second kappa shape index (κ2) is 6.38. The van der Waals surface area contributed by atoms with E-state index in [0.717, 1.165) is 18.5 Å². The normalized spacial score (nSPS) is 23.1. The SMILES string of the molecule is CCc1cc(C(=O)NC2CCCCC2C)cc(Cl)n1. The number of nitrogens with one attached hydrogen (secondary N) is 1. The van der Waals surface area contributed by atoms with Crippen molar-refractivity contribution >= 4 is 17.5 Å². The highest BCUT2D eigenvalue weighted by molar-refractivity contribution is 6.29. The molecule has 1 aromatic heterocycles. The van der Waals surface area contributed by atoms with Gasteiger partial charge in [0.25, 0.3) is 5.91 Å². The molecule has 1 N–H and O–H groups in total. The first-order valence-corrected chi connectivity index (χ1v) is 7.45. The van der Waals surface area contributed by atoms with E-state index in [1.165, 1.54) is 19.3 Å². The first kappa shape index (κ1) is 14.3. The summed E-state index contributed by atoms with van der Waals surface area (Å²) in [7, 11) is 0. The van der Waals surface area contributed by atoms with Crippen molar-refractivity contribution in [2.24, 2.45) is 5.92 Å². The van der Waals surface area contributed by atoms with Crippen LogP contribution < -0.4 is 5.32 Å². The summed E-state index contributed by atoms with van der Waals surface area (Å²) >= 11 is 5.95. The molecule has 0 aromatic carbocycles. The molecule has 0 bridgehead atoms. The van der Waals surface area contributed by atoms with Gasteiger partial charge in [0.15, 0.2) is 0 Å². The van der Waals surface area contributed by atoms with E-state index >= 15 is 0 Å². The van der Waals surface area contributed by atoms with Gasteiger partial charge in [-0.3, -0.25) is 4.79 Å². The number of hydrogen-bond acceptors (Lipinski definition) is 2. The summed E-state index contributed by atoms with van der Waals surface area (Å²) in [6.07, 6.45) is 5.52. The lowest BCUT2D eigenvalue weighted by molar-refractivity contribution is 0.0910. The third-order valence-corrected chi connectivity index (χ3v) is 4.09. The standard InChI is InChI=1S/C15H21ClN2O/c1-3-12-8-11(9-14(16)17-12)15(19)18-13-7-5-4-6-10(13)2/h8-10,13H,3-7H2,1-2H3,(H,18,19). The van der Waals surface area contributed by atoms with Gasteiger partial charge < -0.3 is 5.32 Å². The zero-order valence-electron chi connectivity index (χ0n) is 11.6. The Hall–Kier alpha value is -1.09. The van der Waals surface area contributed by atoms with E-state index in [2.05, 4.69) is 17.2 Å². The van der Waals surface area contributed by atoms with Crippen LogP contribution in [0.15, 0.2) is 12.1 Å². The van der Waals surface area contributed by atoms with E-state index in [4.69, 9.17) is 11.6 Å². The number of aryl methyl sites for hydroxylation is 1. The molecule has 0 aliphatic heterocycles. The fraction of sp³-hybridized carbons (Fsp3) is 0.600. The Morgan fingerprint density at radius 1 is 1.42 bits per heavy atom. The zero-order valence-corrected chi connectivity index (χ0v) is 12.3. The highest BCUT2D eigenvalue weighted by atomic mass is 35.5. The Balaban J connectivity index is 2.08. The van der Waals surface area contributed by atoms with E-state index in [1.807, 2.05) is 13.0 Å². The van der Waals surface area contributed by atoms with E-state index in [-0.39, 0.29) is 5.91 Å². The van der Waals surface area contributed by atoms with Crippen molar-refractivity contribution in [3.63, 3.8) is 0 Å². The minimum absolute atomic E-state index is 0.0299. The summed E-state index contributed by atoms with van der Waals surface area (Å²) in [6, 6.07) is 3.76. The number of nitrogens with zero attached hydrogens (tertiary/aromatic N) is 1. The third kappa shape index (κ3) is 3.69. The molecule has 1 amide bonds. The van der Waals surface area contributed by atoms with Crippen molar-refractivity contribution in [3.8, 4) is 0 Å². The molecule has 2 atom stereocenters. The van der Waals surface area contributed by atoms with Gasteiger partial charge in [0.1, 0.15) is 5.15 Å². The Kier molecular flexibility index (Phi) is 4.81. The summed E-state index contributed by atoms with van der Waals surface area (Å²) in [5, 5.41) is 3.53. The van der Waals surface area contributed by atoms with Crippen molar-refractivity contribution in [1.29, 1.82) is 0 Å². The molecule has 0 spiro atoms. The van der Waals surface area contributed by atoms with E-state index < -0.39 is 0 Å². The Labute approximate surface area is 119 Å². The van der Waals surface area contributed by atoms with E-state index in [0.29, 0.717) is 22.7 Å². The lowest BCUT2D eigenvalue weighted by Crippen LogP contribution is -2.41. The van der Waals surface area contributed by atoms with E-state index in [1.54, 1.807) is 6.07 Å². The van der Waals surface area contributed by atoms with Gasteiger partial charge in [-0.1, -0.05) is 38.3 Å². The Bertz CT molecular complexity index is 461. The molecule has 1 saturated carbocycles. The smallest absolute Gasteiger partial charge is 0.251 e. The van der Waals surface area contributed by atoms with Crippen LogP contribution in [0.5, 0.6) is 0 Å². The molecule has 1 aliphatic rings. The fourth-order valence-corrected chi connectivity index (χ4v) is 2.87. The van der Waals surface area contributed by atoms with Crippen LogP contribution in [-0.4, -0.2) is 16.9 Å². The Morgan fingerprint density at radius 2 is 2.16 bits per heavy atom. The molecule has 19 heavy (non-hydrogen) atoms. The predicted octanol–water partition coefficient (Wildman–Crippen LogP) is 3.61. The minimum atomic E-state index is -0.0299. The van der Waals surface area contributed by atoms with Crippen molar-refractivity contribution < 1.29 is 4.79 Å². The maximum atomic E-state index is 12.3. The molecule has 0 saturated heterocycles. The van der Waals surface area contributed by atoms with Crippen molar-refractivity contribution in [1.82, 2.24) is 10.3 Å². The van der Waals surface area contributed by atoms with Crippen LogP contribution in [0.4, 0.5) is 0 Å². The van der Waals surface area contributed by atoms with Gasteiger partial charge in [-0.05, 0) is 37.3 Å². The number of hydrogen-bond donors (Lipinski definition) is 1. The largest absolute Gasteiger partial charge is 0.349 e. The lowest BCUT2D eigenvalue weighted by Gasteiger charge is -2.29. The third-order valence-electron chi connectivity index (χ3n) is 3.90. The number of carbonyl (C=O) groups is 1. The zero-order chi connectivity index (χ0) is 13.8. The van der Waals surface area contributed by atoms with E-state index in [9.17, 15) is 4.79 Å². The first-order chi connectivity index (χ1) is 9.10. The number of carbonyl (C=O) groups excluding carboxylic acids is 1. The molecule has 2 unspecified atom stereocenters. The van der Waals surface area contributed by atoms with Crippen LogP contribution in [0.3, 0.4) is 0 Å². The van der Waals surface area contributed by atoms with Gasteiger partial charge in [0, 0.05) is 17.3 Å². The maximum Gasteiger partial charge on any atom is 0.251 e.